The number of amides is 1. The van der Waals surface area contributed by atoms with Gasteiger partial charge in [-0.05, 0) is 19.3 Å². The second kappa shape index (κ2) is 7.63. The molecule has 0 spiro atoms. The van der Waals surface area contributed by atoms with Gasteiger partial charge in [0.2, 0.25) is 5.91 Å². The van der Waals surface area contributed by atoms with E-state index in [2.05, 4.69) is 29.2 Å². The first-order chi connectivity index (χ1) is 10.1. The highest BCUT2D eigenvalue weighted by molar-refractivity contribution is 5.81. The van der Waals surface area contributed by atoms with E-state index in [4.69, 9.17) is 0 Å². The average Bonchev–Trinajstić information content (AvgIpc) is 2.67. The molecule has 1 aromatic rings. The molecular weight excluding hydrogens is 278 g/mol. The van der Waals surface area contributed by atoms with E-state index < -0.39 is 0 Å². The molecule has 0 saturated heterocycles. The summed E-state index contributed by atoms with van der Waals surface area (Å²) in [4.78, 5) is 16.1. The molecular formula is C16H31N5O. The molecule has 1 amide bonds. The monoisotopic (exact) mass is 309 g/mol. The van der Waals surface area contributed by atoms with Gasteiger partial charge in [0, 0.05) is 47.3 Å². The van der Waals surface area contributed by atoms with E-state index in [9.17, 15) is 4.79 Å². The van der Waals surface area contributed by atoms with Crippen molar-refractivity contribution in [3.8, 4) is 0 Å². The first-order valence-corrected chi connectivity index (χ1v) is 7.79. The molecule has 0 aliphatic heterocycles. The van der Waals surface area contributed by atoms with Gasteiger partial charge < -0.3 is 15.1 Å². The van der Waals surface area contributed by atoms with E-state index in [1.54, 1.807) is 19.0 Å². The standard InChI is InChI=1S/C16H31N5O/c1-11(2)9-14(16(22)20(6)7)17-10-13-12(3)18-21(8)15(13)19(4)5/h11,14,17H,9-10H2,1-8H3/t14-/m1/s1. The third-order valence-electron chi connectivity index (χ3n) is 3.71. The quantitative estimate of drug-likeness (QED) is 0.827. The Labute approximate surface area is 134 Å². The van der Waals surface area contributed by atoms with Crippen LogP contribution in [-0.2, 0) is 18.4 Å². The molecule has 126 valence electrons. The van der Waals surface area contributed by atoms with Crippen molar-refractivity contribution >= 4 is 11.7 Å². The zero-order valence-corrected chi connectivity index (χ0v) is 15.3. The fourth-order valence-electron chi connectivity index (χ4n) is 2.74. The van der Waals surface area contributed by atoms with Crippen LogP contribution >= 0.6 is 0 Å². The normalized spacial score (nSPS) is 12.6. The van der Waals surface area contributed by atoms with Crippen LogP contribution in [0, 0.1) is 12.8 Å². The van der Waals surface area contributed by atoms with Crippen LogP contribution in [0.1, 0.15) is 31.5 Å². The minimum atomic E-state index is -0.162. The van der Waals surface area contributed by atoms with Crippen molar-refractivity contribution in [3.63, 3.8) is 0 Å². The van der Waals surface area contributed by atoms with E-state index in [0.29, 0.717) is 12.5 Å². The van der Waals surface area contributed by atoms with Crippen LogP contribution in [0.2, 0.25) is 0 Å². The largest absolute Gasteiger partial charge is 0.363 e. The van der Waals surface area contributed by atoms with Gasteiger partial charge in [0.15, 0.2) is 0 Å². The molecule has 6 nitrogen and oxygen atoms in total. The summed E-state index contributed by atoms with van der Waals surface area (Å²) in [5, 5.41) is 7.92. The minimum absolute atomic E-state index is 0.127. The maximum atomic E-state index is 12.3. The molecule has 1 aromatic heterocycles. The lowest BCUT2D eigenvalue weighted by molar-refractivity contribution is -0.131. The van der Waals surface area contributed by atoms with Crippen LogP contribution in [0.4, 0.5) is 5.82 Å². The molecule has 1 rings (SSSR count). The fourth-order valence-corrected chi connectivity index (χ4v) is 2.74. The Kier molecular flexibility index (Phi) is 6.41. The molecule has 0 aromatic carbocycles. The number of hydrogen-bond donors (Lipinski definition) is 1. The molecule has 6 heteroatoms. The zero-order chi connectivity index (χ0) is 17.0. The molecule has 0 saturated carbocycles. The van der Waals surface area contributed by atoms with Crippen LogP contribution in [0.25, 0.3) is 0 Å². The van der Waals surface area contributed by atoms with Gasteiger partial charge in [-0.15, -0.1) is 0 Å². The molecule has 1 N–H and O–H groups in total. The Morgan fingerprint density at radius 3 is 2.32 bits per heavy atom. The van der Waals surface area contributed by atoms with E-state index in [1.807, 2.05) is 32.7 Å². The van der Waals surface area contributed by atoms with Gasteiger partial charge in [0.05, 0.1) is 11.7 Å². The number of likely N-dealkylation sites (N-methyl/N-ethyl adjacent to an activating group) is 1. The summed E-state index contributed by atoms with van der Waals surface area (Å²) in [6, 6.07) is -0.162. The Morgan fingerprint density at radius 1 is 1.27 bits per heavy atom. The summed E-state index contributed by atoms with van der Waals surface area (Å²) >= 11 is 0. The van der Waals surface area contributed by atoms with Gasteiger partial charge in [-0.25, -0.2) is 0 Å². The second-order valence-electron chi connectivity index (χ2n) is 6.70. The summed E-state index contributed by atoms with van der Waals surface area (Å²) in [5.41, 5.74) is 2.15. The number of hydrogen-bond acceptors (Lipinski definition) is 4. The lowest BCUT2D eigenvalue weighted by Crippen LogP contribution is -2.44. The average molecular weight is 309 g/mol. The highest BCUT2D eigenvalue weighted by Gasteiger charge is 2.23. The smallest absolute Gasteiger partial charge is 0.239 e. The molecule has 0 fully saturated rings. The number of nitrogens with zero attached hydrogens (tertiary/aromatic N) is 4. The SMILES string of the molecule is Cc1nn(C)c(N(C)C)c1CN[C@H](CC(C)C)C(=O)N(C)C. The first kappa shape index (κ1) is 18.5. The van der Waals surface area contributed by atoms with Crippen LogP contribution in [0.5, 0.6) is 0 Å². The first-order valence-electron chi connectivity index (χ1n) is 7.79. The predicted octanol–water partition coefficient (Wildman–Crippen LogP) is 1.39. The van der Waals surface area contributed by atoms with Crippen molar-refractivity contribution in [3.05, 3.63) is 11.3 Å². The minimum Gasteiger partial charge on any atom is -0.363 e. The van der Waals surface area contributed by atoms with Crippen molar-refractivity contribution in [1.29, 1.82) is 0 Å². The topological polar surface area (TPSA) is 53.4 Å². The van der Waals surface area contributed by atoms with Crippen LogP contribution in [0.3, 0.4) is 0 Å². The van der Waals surface area contributed by atoms with Crippen molar-refractivity contribution < 1.29 is 4.79 Å². The highest BCUT2D eigenvalue weighted by Crippen LogP contribution is 2.21. The number of rotatable bonds is 7. The number of carbonyl (C=O) groups is 1. The summed E-state index contributed by atoms with van der Waals surface area (Å²) in [6.45, 7) is 6.93. The molecule has 0 unspecified atom stereocenters. The maximum Gasteiger partial charge on any atom is 0.239 e. The second-order valence-corrected chi connectivity index (χ2v) is 6.70. The van der Waals surface area contributed by atoms with Crippen LogP contribution < -0.4 is 10.2 Å². The number of aryl methyl sites for hydroxylation is 2. The molecule has 1 heterocycles. The van der Waals surface area contributed by atoms with Gasteiger partial charge in [-0.2, -0.15) is 5.10 Å². The van der Waals surface area contributed by atoms with E-state index >= 15 is 0 Å². The van der Waals surface area contributed by atoms with Gasteiger partial charge in [0.1, 0.15) is 5.82 Å². The predicted molar refractivity (Wildman–Crippen MR) is 91.0 cm³/mol. The number of carbonyl (C=O) groups excluding carboxylic acids is 1. The summed E-state index contributed by atoms with van der Waals surface area (Å²) < 4.78 is 1.89. The summed E-state index contributed by atoms with van der Waals surface area (Å²) in [7, 11) is 9.57. The van der Waals surface area contributed by atoms with Crippen molar-refractivity contribution in [1.82, 2.24) is 20.0 Å². The van der Waals surface area contributed by atoms with E-state index in [0.717, 1.165) is 23.5 Å². The number of aromatic nitrogens is 2. The molecule has 0 radical (unpaired) electrons. The Bertz CT molecular complexity index is 505. The summed E-state index contributed by atoms with van der Waals surface area (Å²) in [5.74, 6) is 1.66. The van der Waals surface area contributed by atoms with Crippen molar-refractivity contribution in [2.24, 2.45) is 13.0 Å². The van der Waals surface area contributed by atoms with Gasteiger partial charge in [-0.3, -0.25) is 9.48 Å². The highest BCUT2D eigenvalue weighted by atomic mass is 16.2. The summed E-state index contributed by atoms with van der Waals surface area (Å²) in [6.07, 6.45) is 0.827. The van der Waals surface area contributed by atoms with Crippen LogP contribution in [0.15, 0.2) is 0 Å². The molecule has 0 aliphatic rings. The Hall–Kier alpha value is -1.56. The Morgan fingerprint density at radius 2 is 1.86 bits per heavy atom. The van der Waals surface area contributed by atoms with Crippen molar-refractivity contribution in [2.45, 2.75) is 39.8 Å². The zero-order valence-electron chi connectivity index (χ0n) is 15.3. The molecule has 1 atom stereocenters. The van der Waals surface area contributed by atoms with Crippen LogP contribution in [-0.4, -0.2) is 54.8 Å². The Balaban J connectivity index is 2.91. The molecule has 0 aliphatic carbocycles. The molecule has 0 bridgehead atoms. The maximum absolute atomic E-state index is 12.3. The fraction of sp³-hybridized carbons (Fsp3) is 0.750. The third-order valence-corrected chi connectivity index (χ3v) is 3.71. The third kappa shape index (κ3) is 4.47. The van der Waals surface area contributed by atoms with Gasteiger partial charge in [0.25, 0.3) is 0 Å². The van der Waals surface area contributed by atoms with E-state index in [1.165, 1.54) is 0 Å². The van der Waals surface area contributed by atoms with E-state index in [-0.39, 0.29) is 11.9 Å². The molecule has 22 heavy (non-hydrogen) atoms. The lowest BCUT2D eigenvalue weighted by atomic mass is 10.0. The van der Waals surface area contributed by atoms with Crippen molar-refractivity contribution in [2.75, 3.05) is 33.1 Å². The van der Waals surface area contributed by atoms with Gasteiger partial charge >= 0.3 is 0 Å². The lowest BCUT2D eigenvalue weighted by Gasteiger charge is -2.24. The van der Waals surface area contributed by atoms with Gasteiger partial charge in [-0.1, -0.05) is 13.8 Å². The number of anilines is 1. The number of nitrogens with one attached hydrogen (secondary N) is 1.